The number of aliphatic hydroxyl groups is 1. The summed E-state index contributed by atoms with van der Waals surface area (Å²) in [6, 6.07) is 3.65. The highest BCUT2D eigenvalue weighted by Gasteiger charge is 2.21. The molecule has 0 bridgehead atoms. The minimum absolute atomic E-state index is 0.0119. The lowest BCUT2D eigenvalue weighted by atomic mass is 9.97. The van der Waals surface area contributed by atoms with E-state index in [0.717, 1.165) is 11.1 Å². The molecule has 0 fully saturated rings. The smallest absolute Gasteiger partial charge is 0.224 e. The molecular weight excluding hydrogens is 276 g/mol. The summed E-state index contributed by atoms with van der Waals surface area (Å²) < 4.78 is 0. The maximum absolute atomic E-state index is 11.4. The Balaban J connectivity index is 2.17. The van der Waals surface area contributed by atoms with Gasteiger partial charge in [-0.05, 0) is 44.4 Å². The largest absolute Gasteiger partial charge is 0.387 e. The minimum Gasteiger partial charge on any atom is -0.387 e. The predicted molar refractivity (Wildman–Crippen MR) is 81.1 cm³/mol. The third-order valence-electron chi connectivity index (χ3n) is 3.29. The zero-order valence-corrected chi connectivity index (χ0v) is 12.8. The number of aryl methyl sites for hydroxylation is 1. The summed E-state index contributed by atoms with van der Waals surface area (Å²) in [7, 11) is 0. The van der Waals surface area contributed by atoms with Crippen molar-refractivity contribution in [3.8, 4) is 0 Å². The Labute approximate surface area is 124 Å². The van der Waals surface area contributed by atoms with Crippen molar-refractivity contribution in [1.82, 2.24) is 5.32 Å². The van der Waals surface area contributed by atoms with Gasteiger partial charge in [0, 0.05) is 18.5 Å². The van der Waals surface area contributed by atoms with Crippen molar-refractivity contribution < 1.29 is 9.90 Å². The molecule has 5 heteroatoms. The van der Waals surface area contributed by atoms with Gasteiger partial charge in [0.1, 0.15) is 0 Å². The lowest BCUT2D eigenvalue weighted by Crippen LogP contribution is -2.38. The summed E-state index contributed by atoms with van der Waals surface area (Å²) >= 11 is 6.20. The van der Waals surface area contributed by atoms with Gasteiger partial charge in [0.15, 0.2) is 0 Å². The number of amides is 1. The Morgan fingerprint density at radius 2 is 2.10 bits per heavy atom. The topological polar surface area (TPSA) is 61.4 Å². The van der Waals surface area contributed by atoms with Crippen molar-refractivity contribution in [2.24, 2.45) is 0 Å². The molecule has 0 radical (unpaired) electrons. The van der Waals surface area contributed by atoms with E-state index in [9.17, 15) is 9.90 Å². The molecular formula is C15H21ClN2O2. The van der Waals surface area contributed by atoms with Gasteiger partial charge in [-0.3, -0.25) is 4.79 Å². The van der Waals surface area contributed by atoms with E-state index in [4.69, 9.17) is 11.6 Å². The van der Waals surface area contributed by atoms with Gasteiger partial charge in [0.2, 0.25) is 5.91 Å². The number of carbonyl (C=O) groups is 1. The summed E-state index contributed by atoms with van der Waals surface area (Å²) in [5, 5.41) is 16.8. The molecule has 1 atom stereocenters. The lowest BCUT2D eigenvalue weighted by Gasteiger charge is -2.24. The Bertz CT molecular complexity index is 523. The van der Waals surface area contributed by atoms with Crippen LogP contribution in [0.3, 0.4) is 0 Å². The van der Waals surface area contributed by atoms with Gasteiger partial charge < -0.3 is 15.7 Å². The normalized spacial score (nSPS) is 16.6. The summed E-state index contributed by atoms with van der Waals surface area (Å²) in [5.41, 5.74) is 2.40. The number of rotatable bonds is 3. The number of halogens is 1. The zero-order chi connectivity index (χ0) is 14.9. The Hall–Kier alpha value is -1.10. The van der Waals surface area contributed by atoms with Crippen molar-refractivity contribution >= 4 is 23.2 Å². The number of aliphatic hydroxyl groups excluding tert-OH is 1. The highest BCUT2D eigenvalue weighted by molar-refractivity contribution is 6.34. The van der Waals surface area contributed by atoms with E-state index in [0.29, 0.717) is 30.1 Å². The highest BCUT2D eigenvalue weighted by atomic mass is 35.5. The fourth-order valence-corrected chi connectivity index (χ4v) is 2.48. The number of anilines is 1. The molecule has 1 aromatic carbocycles. The standard InChI is InChI=1S/C15H21ClN2O2/c1-15(2,3)17-8-12(19)10-6-9-4-5-13(20)18-14(9)11(16)7-10/h6-7,12,17,19H,4-5,8H2,1-3H3,(H,18,20). The maximum Gasteiger partial charge on any atom is 0.224 e. The number of fused-ring (bicyclic) bond motifs is 1. The average Bonchev–Trinajstić information content (AvgIpc) is 2.35. The van der Waals surface area contributed by atoms with E-state index in [2.05, 4.69) is 31.4 Å². The molecule has 0 spiro atoms. The Morgan fingerprint density at radius 1 is 1.40 bits per heavy atom. The summed E-state index contributed by atoms with van der Waals surface area (Å²) in [5.74, 6) is -0.0119. The number of hydrogen-bond acceptors (Lipinski definition) is 3. The van der Waals surface area contributed by atoms with Crippen LogP contribution in [0, 0.1) is 0 Å². The Morgan fingerprint density at radius 3 is 2.75 bits per heavy atom. The lowest BCUT2D eigenvalue weighted by molar-refractivity contribution is -0.116. The molecule has 20 heavy (non-hydrogen) atoms. The minimum atomic E-state index is -0.616. The predicted octanol–water partition coefficient (Wildman–Crippen LogP) is 2.65. The molecule has 1 aliphatic rings. The van der Waals surface area contributed by atoms with Crippen LogP contribution in [-0.4, -0.2) is 23.1 Å². The molecule has 1 unspecified atom stereocenters. The van der Waals surface area contributed by atoms with Crippen molar-refractivity contribution in [3.05, 3.63) is 28.3 Å². The molecule has 0 aliphatic carbocycles. The summed E-state index contributed by atoms with van der Waals surface area (Å²) in [4.78, 5) is 11.4. The van der Waals surface area contributed by atoms with Crippen LogP contribution in [0.2, 0.25) is 5.02 Å². The molecule has 0 aromatic heterocycles. The number of carbonyl (C=O) groups excluding carboxylic acids is 1. The molecule has 3 N–H and O–H groups in total. The molecule has 0 saturated heterocycles. The third kappa shape index (κ3) is 3.72. The quantitative estimate of drug-likeness (QED) is 0.803. The van der Waals surface area contributed by atoms with Gasteiger partial charge in [-0.2, -0.15) is 0 Å². The number of benzene rings is 1. The first-order valence-electron chi connectivity index (χ1n) is 6.81. The number of β-amino-alcohol motifs (C(OH)–C–C–N with tert-alkyl or cyclic N) is 1. The molecule has 1 heterocycles. The van der Waals surface area contributed by atoms with E-state index in [1.54, 1.807) is 6.07 Å². The highest BCUT2D eigenvalue weighted by Crippen LogP contribution is 2.33. The number of nitrogens with one attached hydrogen (secondary N) is 2. The van der Waals surface area contributed by atoms with Crippen LogP contribution in [0.25, 0.3) is 0 Å². The van der Waals surface area contributed by atoms with Crippen LogP contribution in [0.4, 0.5) is 5.69 Å². The van der Waals surface area contributed by atoms with E-state index in [1.807, 2.05) is 6.07 Å². The fourth-order valence-electron chi connectivity index (χ4n) is 2.19. The molecule has 0 saturated carbocycles. The molecule has 1 amide bonds. The number of hydrogen-bond donors (Lipinski definition) is 3. The van der Waals surface area contributed by atoms with E-state index in [-0.39, 0.29) is 11.4 Å². The zero-order valence-electron chi connectivity index (χ0n) is 12.1. The van der Waals surface area contributed by atoms with Gasteiger partial charge in [-0.15, -0.1) is 0 Å². The van der Waals surface area contributed by atoms with Crippen LogP contribution in [-0.2, 0) is 11.2 Å². The van der Waals surface area contributed by atoms with Crippen molar-refractivity contribution in [2.75, 3.05) is 11.9 Å². The first-order valence-corrected chi connectivity index (χ1v) is 7.19. The second-order valence-corrected chi connectivity index (χ2v) is 6.64. The summed E-state index contributed by atoms with van der Waals surface area (Å²) in [6.07, 6.45) is 0.506. The maximum atomic E-state index is 11.4. The van der Waals surface area contributed by atoms with Crippen molar-refractivity contribution in [1.29, 1.82) is 0 Å². The second-order valence-electron chi connectivity index (χ2n) is 6.23. The van der Waals surface area contributed by atoms with Gasteiger partial charge in [-0.1, -0.05) is 17.7 Å². The van der Waals surface area contributed by atoms with Crippen LogP contribution in [0.5, 0.6) is 0 Å². The molecule has 1 aromatic rings. The second kappa shape index (κ2) is 5.72. The van der Waals surface area contributed by atoms with E-state index < -0.39 is 6.10 Å². The molecule has 4 nitrogen and oxygen atoms in total. The molecule has 1 aliphatic heterocycles. The van der Waals surface area contributed by atoms with Crippen LogP contribution < -0.4 is 10.6 Å². The van der Waals surface area contributed by atoms with Gasteiger partial charge >= 0.3 is 0 Å². The van der Waals surface area contributed by atoms with Crippen LogP contribution >= 0.6 is 11.6 Å². The van der Waals surface area contributed by atoms with E-state index >= 15 is 0 Å². The van der Waals surface area contributed by atoms with Crippen LogP contribution in [0.1, 0.15) is 44.4 Å². The van der Waals surface area contributed by atoms with Crippen molar-refractivity contribution in [2.45, 2.75) is 45.3 Å². The first-order chi connectivity index (χ1) is 9.26. The molecule has 110 valence electrons. The monoisotopic (exact) mass is 296 g/mol. The van der Waals surface area contributed by atoms with Crippen molar-refractivity contribution in [3.63, 3.8) is 0 Å². The van der Waals surface area contributed by atoms with Gasteiger partial charge in [-0.25, -0.2) is 0 Å². The average molecular weight is 297 g/mol. The van der Waals surface area contributed by atoms with Crippen LogP contribution in [0.15, 0.2) is 12.1 Å². The Kier molecular flexibility index (Phi) is 4.37. The van der Waals surface area contributed by atoms with Gasteiger partial charge in [0.05, 0.1) is 16.8 Å². The molecule has 2 rings (SSSR count). The SMILES string of the molecule is CC(C)(C)NCC(O)c1cc(Cl)c2c(c1)CCC(=O)N2. The first kappa shape index (κ1) is 15.3. The third-order valence-corrected chi connectivity index (χ3v) is 3.59. The van der Waals surface area contributed by atoms with Gasteiger partial charge in [0.25, 0.3) is 0 Å². The summed E-state index contributed by atoms with van der Waals surface area (Å²) in [6.45, 7) is 6.62. The fraction of sp³-hybridized carbons (Fsp3) is 0.533. The van der Waals surface area contributed by atoms with E-state index in [1.165, 1.54) is 0 Å².